The van der Waals surface area contributed by atoms with Crippen molar-refractivity contribution in [1.82, 2.24) is 9.78 Å². The molecule has 0 saturated carbocycles. The zero-order valence-corrected chi connectivity index (χ0v) is 13.9. The Morgan fingerprint density at radius 2 is 2.17 bits per heavy atom. The second-order valence-electron chi connectivity index (χ2n) is 6.11. The molecule has 1 saturated heterocycles. The number of aromatic nitrogens is 2. The Labute approximate surface area is 141 Å². The zero-order chi connectivity index (χ0) is 16.8. The summed E-state index contributed by atoms with van der Waals surface area (Å²) in [5, 5.41) is 7.13. The monoisotopic (exact) mass is 329 g/mol. The van der Waals surface area contributed by atoms with E-state index in [4.69, 9.17) is 9.47 Å². The molecular formula is C18H23N3O3. The summed E-state index contributed by atoms with van der Waals surface area (Å²) in [6.45, 7) is 4.44. The number of nitrogens with one attached hydrogen (secondary N) is 1. The summed E-state index contributed by atoms with van der Waals surface area (Å²) in [7, 11) is 0. The van der Waals surface area contributed by atoms with Crippen LogP contribution in [0.3, 0.4) is 0 Å². The lowest BCUT2D eigenvalue weighted by Crippen LogP contribution is -2.21. The largest absolute Gasteiger partial charge is 0.483 e. The number of aryl methyl sites for hydroxylation is 1. The first-order chi connectivity index (χ1) is 11.7. The first kappa shape index (κ1) is 16.5. The molecule has 1 aromatic carbocycles. The van der Waals surface area contributed by atoms with Gasteiger partial charge in [-0.2, -0.15) is 5.10 Å². The van der Waals surface area contributed by atoms with E-state index in [0.717, 1.165) is 43.9 Å². The molecule has 3 rings (SSSR count). The van der Waals surface area contributed by atoms with Crippen LogP contribution in [0.25, 0.3) is 0 Å². The lowest BCUT2D eigenvalue weighted by molar-refractivity contribution is -0.118. The Balaban J connectivity index is 1.47. The molecule has 0 radical (unpaired) electrons. The van der Waals surface area contributed by atoms with Crippen molar-refractivity contribution in [3.05, 3.63) is 42.2 Å². The van der Waals surface area contributed by atoms with Crippen LogP contribution in [0.15, 0.2) is 36.7 Å². The van der Waals surface area contributed by atoms with Gasteiger partial charge in [0.2, 0.25) is 0 Å². The number of benzene rings is 1. The van der Waals surface area contributed by atoms with Crippen LogP contribution < -0.4 is 10.1 Å². The summed E-state index contributed by atoms with van der Waals surface area (Å²) in [4.78, 5) is 12.0. The molecule has 6 heteroatoms. The number of carbonyl (C=O) groups excluding carboxylic acids is 1. The molecule has 1 fully saturated rings. The average Bonchev–Trinajstić information content (AvgIpc) is 3.02. The minimum Gasteiger partial charge on any atom is -0.483 e. The summed E-state index contributed by atoms with van der Waals surface area (Å²) in [6, 6.07) is 7.64. The lowest BCUT2D eigenvalue weighted by Gasteiger charge is -2.21. The molecule has 128 valence electrons. The van der Waals surface area contributed by atoms with E-state index in [1.807, 2.05) is 42.1 Å². The third-order valence-electron chi connectivity index (χ3n) is 4.16. The number of nitrogens with zero attached hydrogens (tertiary/aromatic N) is 2. The van der Waals surface area contributed by atoms with E-state index in [-0.39, 0.29) is 12.5 Å². The van der Waals surface area contributed by atoms with Crippen LogP contribution in [0.1, 0.15) is 18.4 Å². The Bertz CT molecular complexity index is 678. The predicted octanol–water partition coefficient (Wildman–Crippen LogP) is 2.64. The van der Waals surface area contributed by atoms with Crippen molar-refractivity contribution < 1.29 is 14.3 Å². The van der Waals surface area contributed by atoms with Gasteiger partial charge in [-0.05, 0) is 37.3 Å². The van der Waals surface area contributed by atoms with Crippen molar-refractivity contribution >= 4 is 11.6 Å². The quantitative estimate of drug-likeness (QED) is 0.885. The first-order valence-electron chi connectivity index (χ1n) is 8.29. The molecule has 1 N–H and O–H groups in total. The highest BCUT2D eigenvalue weighted by Crippen LogP contribution is 2.18. The molecule has 1 aliphatic heterocycles. The Kier molecular flexibility index (Phi) is 5.48. The van der Waals surface area contributed by atoms with Crippen LogP contribution in [-0.2, 0) is 16.1 Å². The molecule has 0 atom stereocenters. The SMILES string of the molecule is Cc1ccccc1OCC(=O)Nc1cnn(CC2CCOCC2)c1. The standard InChI is InChI=1S/C18H23N3O3/c1-14-4-2-3-5-17(14)24-13-18(22)20-16-10-19-21(12-16)11-15-6-8-23-9-7-15/h2-5,10,12,15H,6-9,11,13H2,1H3,(H,20,22). The van der Waals surface area contributed by atoms with Crippen molar-refractivity contribution in [2.45, 2.75) is 26.3 Å². The first-order valence-corrected chi connectivity index (χ1v) is 8.29. The van der Waals surface area contributed by atoms with Gasteiger partial charge in [-0.15, -0.1) is 0 Å². The van der Waals surface area contributed by atoms with Crippen molar-refractivity contribution in [1.29, 1.82) is 0 Å². The van der Waals surface area contributed by atoms with Gasteiger partial charge in [0.1, 0.15) is 5.75 Å². The summed E-state index contributed by atoms with van der Waals surface area (Å²) in [5.74, 6) is 1.12. The van der Waals surface area contributed by atoms with Crippen molar-refractivity contribution in [3.63, 3.8) is 0 Å². The number of carbonyl (C=O) groups is 1. The molecular weight excluding hydrogens is 306 g/mol. The second-order valence-corrected chi connectivity index (χ2v) is 6.11. The van der Waals surface area contributed by atoms with Crippen LogP contribution in [0, 0.1) is 12.8 Å². The van der Waals surface area contributed by atoms with Crippen LogP contribution in [0.5, 0.6) is 5.75 Å². The Hall–Kier alpha value is -2.34. The maximum absolute atomic E-state index is 12.0. The van der Waals surface area contributed by atoms with Crippen LogP contribution in [0.4, 0.5) is 5.69 Å². The molecule has 0 spiro atoms. The van der Waals surface area contributed by atoms with Crippen LogP contribution in [0.2, 0.25) is 0 Å². The van der Waals surface area contributed by atoms with Crippen LogP contribution >= 0.6 is 0 Å². The zero-order valence-electron chi connectivity index (χ0n) is 13.9. The number of amides is 1. The van der Waals surface area contributed by atoms with Gasteiger partial charge < -0.3 is 14.8 Å². The highest BCUT2D eigenvalue weighted by atomic mass is 16.5. The fourth-order valence-electron chi connectivity index (χ4n) is 2.78. The fraction of sp³-hybridized carbons (Fsp3) is 0.444. The smallest absolute Gasteiger partial charge is 0.262 e. The minimum atomic E-state index is -0.191. The number of ether oxygens (including phenoxy) is 2. The molecule has 2 aromatic rings. The highest BCUT2D eigenvalue weighted by Gasteiger charge is 2.15. The number of para-hydroxylation sites is 1. The van der Waals surface area contributed by atoms with E-state index in [0.29, 0.717) is 11.6 Å². The van der Waals surface area contributed by atoms with E-state index < -0.39 is 0 Å². The molecule has 2 heterocycles. The van der Waals surface area contributed by atoms with E-state index >= 15 is 0 Å². The summed E-state index contributed by atoms with van der Waals surface area (Å²) in [6.07, 6.45) is 5.66. The van der Waals surface area contributed by atoms with Gasteiger partial charge in [0.15, 0.2) is 6.61 Å². The lowest BCUT2D eigenvalue weighted by atomic mass is 10.0. The van der Waals surface area contributed by atoms with Gasteiger partial charge in [-0.25, -0.2) is 0 Å². The molecule has 1 aromatic heterocycles. The van der Waals surface area contributed by atoms with Crippen molar-refractivity contribution in [2.75, 3.05) is 25.1 Å². The van der Waals surface area contributed by atoms with E-state index in [9.17, 15) is 4.79 Å². The molecule has 24 heavy (non-hydrogen) atoms. The number of rotatable bonds is 6. The second kappa shape index (κ2) is 7.97. The van der Waals surface area contributed by atoms with E-state index in [2.05, 4.69) is 10.4 Å². The Morgan fingerprint density at radius 3 is 2.96 bits per heavy atom. The minimum absolute atomic E-state index is 0.0179. The summed E-state index contributed by atoms with van der Waals surface area (Å²) >= 11 is 0. The predicted molar refractivity (Wildman–Crippen MR) is 91.1 cm³/mol. The van der Waals surface area contributed by atoms with Crippen LogP contribution in [-0.4, -0.2) is 35.5 Å². The maximum Gasteiger partial charge on any atom is 0.262 e. The van der Waals surface area contributed by atoms with Gasteiger partial charge in [-0.1, -0.05) is 18.2 Å². The normalized spacial score (nSPS) is 15.2. The summed E-state index contributed by atoms with van der Waals surface area (Å²) < 4.78 is 12.8. The molecule has 0 unspecified atom stereocenters. The average molecular weight is 329 g/mol. The number of hydrogen-bond donors (Lipinski definition) is 1. The van der Waals surface area contributed by atoms with Crippen molar-refractivity contribution in [2.24, 2.45) is 5.92 Å². The van der Waals surface area contributed by atoms with Gasteiger partial charge in [0, 0.05) is 26.0 Å². The van der Waals surface area contributed by atoms with Gasteiger partial charge >= 0.3 is 0 Å². The van der Waals surface area contributed by atoms with Crippen molar-refractivity contribution in [3.8, 4) is 5.75 Å². The molecule has 0 aliphatic carbocycles. The van der Waals surface area contributed by atoms with Gasteiger partial charge in [0.25, 0.3) is 5.91 Å². The fourth-order valence-corrected chi connectivity index (χ4v) is 2.78. The van der Waals surface area contributed by atoms with E-state index in [1.165, 1.54) is 0 Å². The topological polar surface area (TPSA) is 65.4 Å². The maximum atomic E-state index is 12.0. The Morgan fingerprint density at radius 1 is 1.38 bits per heavy atom. The molecule has 1 aliphatic rings. The van der Waals surface area contributed by atoms with E-state index in [1.54, 1.807) is 6.20 Å². The molecule has 6 nitrogen and oxygen atoms in total. The number of hydrogen-bond acceptors (Lipinski definition) is 4. The number of anilines is 1. The van der Waals surface area contributed by atoms with Gasteiger partial charge in [0.05, 0.1) is 11.9 Å². The highest BCUT2D eigenvalue weighted by molar-refractivity contribution is 5.91. The van der Waals surface area contributed by atoms with Gasteiger partial charge in [-0.3, -0.25) is 9.48 Å². The third kappa shape index (κ3) is 4.58. The molecule has 1 amide bonds. The third-order valence-corrected chi connectivity index (χ3v) is 4.16. The summed E-state index contributed by atoms with van der Waals surface area (Å²) in [5.41, 5.74) is 1.70. The molecule has 0 bridgehead atoms.